The van der Waals surface area contributed by atoms with Crippen LogP contribution in [0.2, 0.25) is 0 Å². The van der Waals surface area contributed by atoms with Gasteiger partial charge in [-0.3, -0.25) is 0 Å². The summed E-state index contributed by atoms with van der Waals surface area (Å²) < 4.78 is 0. The van der Waals surface area contributed by atoms with Gasteiger partial charge in [0, 0.05) is 19.1 Å². The lowest BCUT2D eigenvalue weighted by Gasteiger charge is -2.22. The van der Waals surface area contributed by atoms with E-state index in [-0.39, 0.29) is 6.03 Å². The molecular formula is C10H21N3O. The van der Waals surface area contributed by atoms with E-state index in [1.807, 2.05) is 7.05 Å². The predicted molar refractivity (Wildman–Crippen MR) is 57.3 cm³/mol. The molecule has 0 aromatic rings. The van der Waals surface area contributed by atoms with Gasteiger partial charge in [0.2, 0.25) is 0 Å². The van der Waals surface area contributed by atoms with E-state index in [0.717, 1.165) is 19.4 Å². The second-order valence-electron chi connectivity index (χ2n) is 3.84. The van der Waals surface area contributed by atoms with Gasteiger partial charge >= 0.3 is 6.03 Å². The van der Waals surface area contributed by atoms with Crippen LogP contribution >= 0.6 is 0 Å². The number of likely N-dealkylation sites (N-methyl/N-ethyl adjacent to an activating group) is 1. The molecule has 0 saturated heterocycles. The Morgan fingerprint density at radius 2 is 1.93 bits per heavy atom. The molecule has 2 amide bonds. The first-order valence-electron chi connectivity index (χ1n) is 5.52. The Bertz CT molecular complexity index is 167. The SMILES string of the molecule is CNCCNC(=O)NC1CCCCC1. The third kappa shape index (κ3) is 4.46. The third-order valence-electron chi connectivity index (χ3n) is 2.60. The van der Waals surface area contributed by atoms with E-state index in [9.17, 15) is 4.79 Å². The second kappa shape index (κ2) is 6.65. The van der Waals surface area contributed by atoms with Gasteiger partial charge in [0.25, 0.3) is 0 Å². The summed E-state index contributed by atoms with van der Waals surface area (Å²) >= 11 is 0. The van der Waals surface area contributed by atoms with Crippen molar-refractivity contribution in [3.63, 3.8) is 0 Å². The summed E-state index contributed by atoms with van der Waals surface area (Å²) in [6.07, 6.45) is 6.10. The molecule has 0 atom stereocenters. The van der Waals surface area contributed by atoms with E-state index in [0.29, 0.717) is 12.6 Å². The first-order chi connectivity index (χ1) is 6.83. The van der Waals surface area contributed by atoms with E-state index in [2.05, 4.69) is 16.0 Å². The largest absolute Gasteiger partial charge is 0.337 e. The van der Waals surface area contributed by atoms with Crippen molar-refractivity contribution in [2.24, 2.45) is 0 Å². The van der Waals surface area contributed by atoms with Crippen molar-refractivity contribution in [1.29, 1.82) is 0 Å². The van der Waals surface area contributed by atoms with Gasteiger partial charge < -0.3 is 16.0 Å². The monoisotopic (exact) mass is 199 g/mol. The van der Waals surface area contributed by atoms with Gasteiger partial charge in [-0.2, -0.15) is 0 Å². The molecule has 0 unspecified atom stereocenters. The average Bonchev–Trinajstić information content (AvgIpc) is 2.20. The summed E-state index contributed by atoms with van der Waals surface area (Å²) in [6, 6.07) is 0.380. The Morgan fingerprint density at radius 1 is 1.21 bits per heavy atom. The molecule has 4 nitrogen and oxygen atoms in total. The van der Waals surface area contributed by atoms with Crippen molar-refractivity contribution >= 4 is 6.03 Å². The summed E-state index contributed by atoms with van der Waals surface area (Å²) in [6.45, 7) is 1.51. The van der Waals surface area contributed by atoms with Gasteiger partial charge in [0.05, 0.1) is 0 Å². The molecule has 82 valence electrons. The van der Waals surface area contributed by atoms with E-state index >= 15 is 0 Å². The number of nitrogens with one attached hydrogen (secondary N) is 3. The minimum absolute atomic E-state index is 0.0212. The fraction of sp³-hybridized carbons (Fsp3) is 0.900. The van der Waals surface area contributed by atoms with Gasteiger partial charge in [-0.1, -0.05) is 19.3 Å². The van der Waals surface area contributed by atoms with Crippen LogP contribution < -0.4 is 16.0 Å². The molecule has 0 aliphatic heterocycles. The normalized spacial score (nSPS) is 17.8. The summed E-state index contributed by atoms with van der Waals surface area (Å²) in [7, 11) is 1.88. The Balaban J connectivity index is 2.06. The van der Waals surface area contributed by atoms with Crippen molar-refractivity contribution in [2.45, 2.75) is 38.1 Å². The van der Waals surface area contributed by atoms with Crippen LogP contribution in [0.4, 0.5) is 4.79 Å². The van der Waals surface area contributed by atoms with Crippen LogP contribution in [0.3, 0.4) is 0 Å². The number of carbonyl (C=O) groups is 1. The Morgan fingerprint density at radius 3 is 2.57 bits per heavy atom. The zero-order valence-electron chi connectivity index (χ0n) is 8.94. The molecule has 1 rings (SSSR count). The molecule has 1 saturated carbocycles. The predicted octanol–water partition coefficient (Wildman–Crippen LogP) is 0.838. The van der Waals surface area contributed by atoms with Crippen LogP contribution in [0.25, 0.3) is 0 Å². The lowest BCUT2D eigenvalue weighted by atomic mass is 9.96. The maximum absolute atomic E-state index is 11.3. The van der Waals surface area contributed by atoms with Crippen LogP contribution in [-0.4, -0.2) is 32.2 Å². The molecule has 0 radical (unpaired) electrons. The van der Waals surface area contributed by atoms with Crippen LogP contribution in [0.5, 0.6) is 0 Å². The molecule has 1 fully saturated rings. The van der Waals surface area contributed by atoms with Crippen molar-refractivity contribution in [3.8, 4) is 0 Å². The summed E-state index contributed by atoms with van der Waals surface area (Å²) in [5.74, 6) is 0. The first kappa shape index (κ1) is 11.3. The highest BCUT2D eigenvalue weighted by Crippen LogP contribution is 2.16. The van der Waals surface area contributed by atoms with E-state index in [4.69, 9.17) is 0 Å². The number of urea groups is 1. The summed E-state index contributed by atoms with van der Waals surface area (Å²) in [5, 5.41) is 8.80. The molecule has 0 bridgehead atoms. The highest BCUT2D eigenvalue weighted by atomic mass is 16.2. The Kier molecular flexibility index (Phi) is 5.37. The van der Waals surface area contributed by atoms with Crippen molar-refractivity contribution in [3.05, 3.63) is 0 Å². The van der Waals surface area contributed by atoms with Gasteiger partial charge in [-0.15, -0.1) is 0 Å². The van der Waals surface area contributed by atoms with Crippen LogP contribution in [0.1, 0.15) is 32.1 Å². The quantitative estimate of drug-likeness (QED) is 0.588. The molecular weight excluding hydrogens is 178 g/mol. The molecule has 14 heavy (non-hydrogen) atoms. The first-order valence-corrected chi connectivity index (χ1v) is 5.52. The van der Waals surface area contributed by atoms with Crippen LogP contribution in [-0.2, 0) is 0 Å². The van der Waals surface area contributed by atoms with Gasteiger partial charge in [0.1, 0.15) is 0 Å². The van der Waals surface area contributed by atoms with Crippen molar-refractivity contribution in [1.82, 2.24) is 16.0 Å². The zero-order valence-corrected chi connectivity index (χ0v) is 8.94. The van der Waals surface area contributed by atoms with Crippen molar-refractivity contribution in [2.75, 3.05) is 20.1 Å². The number of carbonyl (C=O) groups excluding carboxylic acids is 1. The molecule has 4 heteroatoms. The lowest BCUT2D eigenvalue weighted by molar-refractivity contribution is 0.233. The van der Waals surface area contributed by atoms with E-state index < -0.39 is 0 Å². The number of hydrogen-bond donors (Lipinski definition) is 3. The Hall–Kier alpha value is -0.770. The van der Waals surface area contributed by atoms with E-state index in [1.165, 1.54) is 19.3 Å². The number of rotatable bonds is 4. The Labute approximate surface area is 85.8 Å². The maximum atomic E-state index is 11.3. The summed E-state index contributed by atoms with van der Waals surface area (Å²) in [4.78, 5) is 11.3. The smallest absolute Gasteiger partial charge is 0.315 e. The standard InChI is InChI=1S/C10H21N3O/c1-11-7-8-12-10(14)13-9-5-3-2-4-6-9/h9,11H,2-8H2,1H3,(H2,12,13,14). The van der Waals surface area contributed by atoms with Crippen LogP contribution in [0.15, 0.2) is 0 Å². The highest BCUT2D eigenvalue weighted by molar-refractivity contribution is 5.74. The third-order valence-corrected chi connectivity index (χ3v) is 2.60. The lowest BCUT2D eigenvalue weighted by Crippen LogP contribution is -2.44. The fourth-order valence-electron chi connectivity index (χ4n) is 1.78. The maximum Gasteiger partial charge on any atom is 0.315 e. The van der Waals surface area contributed by atoms with Crippen LogP contribution in [0, 0.1) is 0 Å². The second-order valence-corrected chi connectivity index (χ2v) is 3.84. The fourth-order valence-corrected chi connectivity index (χ4v) is 1.78. The van der Waals surface area contributed by atoms with Gasteiger partial charge in [-0.05, 0) is 19.9 Å². The molecule has 0 aromatic carbocycles. The van der Waals surface area contributed by atoms with Gasteiger partial charge in [0.15, 0.2) is 0 Å². The molecule has 0 heterocycles. The minimum Gasteiger partial charge on any atom is -0.337 e. The molecule has 1 aliphatic rings. The zero-order chi connectivity index (χ0) is 10.2. The average molecular weight is 199 g/mol. The van der Waals surface area contributed by atoms with Gasteiger partial charge in [-0.25, -0.2) is 4.79 Å². The number of amides is 2. The molecule has 0 aromatic heterocycles. The minimum atomic E-state index is -0.0212. The van der Waals surface area contributed by atoms with Crippen molar-refractivity contribution < 1.29 is 4.79 Å². The van der Waals surface area contributed by atoms with E-state index in [1.54, 1.807) is 0 Å². The molecule has 0 spiro atoms. The highest BCUT2D eigenvalue weighted by Gasteiger charge is 2.14. The topological polar surface area (TPSA) is 53.2 Å². The summed E-state index contributed by atoms with van der Waals surface area (Å²) in [5.41, 5.74) is 0. The number of hydrogen-bond acceptors (Lipinski definition) is 2. The molecule has 3 N–H and O–H groups in total. The molecule has 1 aliphatic carbocycles.